The minimum atomic E-state index is -0.618. The van der Waals surface area contributed by atoms with Gasteiger partial charge in [-0.25, -0.2) is 4.79 Å². The number of anilines is 2. The fourth-order valence-corrected chi connectivity index (χ4v) is 3.73. The van der Waals surface area contributed by atoms with E-state index in [2.05, 4.69) is 4.98 Å². The molecule has 0 bridgehead atoms. The van der Waals surface area contributed by atoms with Crippen LogP contribution in [-0.2, 0) is 17.1 Å². The molecule has 1 aromatic carbocycles. The zero-order chi connectivity index (χ0) is 20.5. The number of unbranched alkanes of at least 4 members (excludes halogenated alkanes) is 1. The highest BCUT2D eigenvalue weighted by atomic mass is 32.2. The van der Waals surface area contributed by atoms with Crippen molar-refractivity contribution in [3.63, 3.8) is 0 Å². The van der Waals surface area contributed by atoms with Gasteiger partial charge in [-0.3, -0.25) is 19.1 Å². The molecule has 152 valence electrons. The molecule has 8 heteroatoms. The van der Waals surface area contributed by atoms with E-state index in [1.54, 1.807) is 0 Å². The molecule has 0 radical (unpaired) electrons. The molecule has 0 aliphatic heterocycles. The van der Waals surface area contributed by atoms with Crippen LogP contribution in [0.25, 0.3) is 0 Å². The van der Waals surface area contributed by atoms with Gasteiger partial charge < -0.3 is 10.6 Å². The van der Waals surface area contributed by atoms with Gasteiger partial charge in [-0.05, 0) is 18.4 Å². The fraction of sp³-hybridized carbons (Fsp3) is 0.450. The Bertz CT molecular complexity index is 893. The average molecular weight is 405 g/mol. The lowest BCUT2D eigenvalue weighted by molar-refractivity contribution is -0.116. The van der Waals surface area contributed by atoms with Gasteiger partial charge in [0.05, 0.1) is 5.75 Å². The third-order valence-electron chi connectivity index (χ3n) is 4.30. The summed E-state index contributed by atoms with van der Waals surface area (Å²) in [7, 11) is 0. The van der Waals surface area contributed by atoms with Crippen LogP contribution >= 0.6 is 11.8 Å². The molecule has 0 fully saturated rings. The van der Waals surface area contributed by atoms with Crippen LogP contribution in [0.1, 0.15) is 38.7 Å². The number of aromatic nitrogens is 2. The third kappa shape index (κ3) is 5.51. The molecule has 0 atom stereocenters. The zero-order valence-electron chi connectivity index (χ0n) is 16.4. The number of rotatable bonds is 10. The molecule has 3 N–H and O–H groups in total. The Labute approximate surface area is 168 Å². The van der Waals surface area contributed by atoms with Gasteiger partial charge in [0, 0.05) is 18.8 Å². The van der Waals surface area contributed by atoms with Crippen LogP contribution in [0.5, 0.6) is 0 Å². The number of carbonyl (C=O) groups excluding carboxylic acids is 1. The topological polar surface area (TPSA) is 101 Å². The maximum absolute atomic E-state index is 12.9. The van der Waals surface area contributed by atoms with Crippen molar-refractivity contribution in [3.05, 3.63) is 56.7 Å². The first-order valence-electron chi connectivity index (χ1n) is 9.54. The first-order chi connectivity index (χ1) is 13.5. The monoisotopic (exact) mass is 404 g/mol. The molecule has 1 heterocycles. The third-order valence-corrected chi connectivity index (χ3v) is 5.29. The van der Waals surface area contributed by atoms with Gasteiger partial charge >= 0.3 is 5.69 Å². The molecule has 0 saturated heterocycles. The SMILES string of the molecule is CCCCN(C(=O)CSCc1ccccc1)c1c(N)n(CCC)c(=O)[nH]c1=O. The summed E-state index contributed by atoms with van der Waals surface area (Å²) in [5.41, 5.74) is 6.19. The van der Waals surface area contributed by atoms with Gasteiger partial charge in [-0.1, -0.05) is 50.6 Å². The van der Waals surface area contributed by atoms with E-state index in [1.165, 1.54) is 21.2 Å². The summed E-state index contributed by atoms with van der Waals surface area (Å²) in [6.07, 6.45) is 2.29. The van der Waals surface area contributed by atoms with Crippen molar-refractivity contribution in [1.82, 2.24) is 9.55 Å². The van der Waals surface area contributed by atoms with Gasteiger partial charge in [0.2, 0.25) is 5.91 Å². The van der Waals surface area contributed by atoms with Crippen LogP contribution in [0.3, 0.4) is 0 Å². The highest BCUT2D eigenvalue weighted by Crippen LogP contribution is 2.20. The normalized spacial score (nSPS) is 10.8. The number of amides is 1. The highest BCUT2D eigenvalue weighted by molar-refractivity contribution is 7.99. The van der Waals surface area contributed by atoms with Gasteiger partial charge in [0.15, 0.2) is 5.69 Å². The van der Waals surface area contributed by atoms with Crippen molar-refractivity contribution < 1.29 is 4.79 Å². The molecule has 0 spiro atoms. The summed E-state index contributed by atoms with van der Waals surface area (Å²) in [5.74, 6) is 0.793. The lowest BCUT2D eigenvalue weighted by Crippen LogP contribution is -2.42. The molecule has 2 aromatic rings. The lowest BCUT2D eigenvalue weighted by Gasteiger charge is -2.24. The molecule has 0 saturated carbocycles. The second-order valence-electron chi connectivity index (χ2n) is 6.52. The maximum Gasteiger partial charge on any atom is 0.330 e. The number of carbonyl (C=O) groups is 1. The number of hydrogen-bond acceptors (Lipinski definition) is 5. The highest BCUT2D eigenvalue weighted by Gasteiger charge is 2.23. The summed E-state index contributed by atoms with van der Waals surface area (Å²) in [5, 5.41) is 0. The first-order valence-corrected chi connectivity index (χ1v) is 10.7. The van der Waals surface area contributed by atoms with Crippen LogP contribution in [0.4, 0.5) is 11.5 Å². The Morgan fingerprint density at radius 1 is 1.18 bits per heavy atom. The molecule has 0 unspecified atom stereocenters. The van der Waals surface area contributed by atoms with Crippen molar-refractivity contribution >= 4 is 29.2 Å². The molecule has 1 aromatic heterocycles. The Morgan fingerprint density at radius 2 is 1.89 bits per heavy atom. The van der Waals surface area contributed by atoms with Crippen LogP contribution in [0, 0.1) is 0 Å². The van der Waals surface area contributed by atoms with E-state index in [9.17, 15) is 14.4 Å². The summed E-state index contributed by atoms with van der Waals surface area (Å²) in [6.45, 7) is 4.70. The number of nitrogen functional groups attached to an aromatic ring is 1. The number of aromatic amines is 1. The number of H-pyrrole nitrogens is 1. The Balaban J connectivity index is 2.25. The summed E-state index contributed by atoms with van der Waals surface area (Å²) in [4.78, 5) is 41.2. The zero-order valence-corrected chi connectivity index (χ0v) is 17.3. The Morgan fingerprint density at radius 3 is 2.54 bits per heavy atom. The minimum absolute atomic E-state index is 0.0492. The molecule has 7 nitrogen and oxygen atoms in total. The molecule has 1 amide bonds. The number of benzene rings is 1. The van der Waals surface area contributed by atoms with Crippen molar-refractivity contribution in [2.24, 2.45) is 0 Å². The number of nitrogens with zero attached hydrogens (tertiary/aromatic N) is 2. The molecule has 28 heavy (non-hydrogen) atoms. The largest absolute Gasteiger partial charge is 0.383 e. The van der Waals surface area contributed by atoms with Crippen LogP contribution in [0.2, 0.25) is 0 Å². The van der Waals surface area contributed by atoms with E-state index in [1.807, 2.05) is 44.2 Å². The average Bonchev–Trinajstić information content (AvgIpc) is 2.68. The summed E-state index contributed by atoms with van der Waals surface area (Å²) >= 11 is 1.49. The van der Waals surface area contributed by atoms with E-state index in [0.29, 0.717) is 25.3 Å². The van der Waals surface area contributed by atoms with Gasteiger partial charge in [-0.15, -0.1) is 11.8 Å². The molecule has 2 rings (SSSR count). The second-order valence-corrected chi connectivity index (χ2v) is 7.51. The number of nitrogens with one attached hydrogen (secondary N) is 1. The number of hydrogen-bond donors (Lipinski definition) is 2. The molecule has 0 aliphatic rings. The van der Waals surface area contributed by atoms with Crippen molar-refractivity contribution in [2.45, 2.75) is 45.4 Å². The van der Waals surface area contributed by atoms with E-state index in [4.69, 9.17) is 5.73 Å². The van der Waals surface area contributed by atoms with Gasteiger partial charge in [-0.2, -0.15) is 0 Å². The van der Waals surface area contributed by atoms with E-state index < -0.39 is 11.2 Å². The number of nitrogens with two attached hydrogens (primary N) is 1. The van der Waals surface area contributed by atoms with E-state index in [-0.39, 0.29) is 23.2 Å². The predicted octanol–water partition coefficient (Wildman–Crippen LogP) is 2.60. The molecular weight excluding hydrogens is 376 g/mol. The predicted molar refractivity (Wildman–Crippen MR) is 116 cm³/mol. The van der Waals surface area contributed by atoms with E-state index >= 15 is 0 Å². The summed E-state index contributed by atoms with van der Waals surface area (Å²) in [6, 6.07) is 9.89. The Hall–Kier alpha value is -2.48. The Kier molecular flexibility index (Phi) is 8.38. The minimum Gasteiger partial charge on any atom is -0.383 e. The van der Waals surface area contributed by atoms with Gasteiger partial charge in [0.1, 0.15) is 5.82 Å². The van der Waals surface area contributed by atoms with Crippen LogP contribution in [0.15, 0.2) is 39.9 Å². The maximum atomic E-state index is 12.9. The van der Waals surface area contributed by atoms with Crippen molar-refractivity contribution in [1.29, 1.82) is 0 Å². The fourth-order valence-electron chi connectivity index (χ4n) is 2.87. The molecular formula is C20H28N4O3S. The summed E-state index contributed by atoms with van der Waals surface area (Å²) < 4.78 is 1.32. The van der Waals surface area contributed by atoms with E-state index in [0.717, 1.165) is 18.4 Å². The smallest absolute Gasteiger partial charge is 0.330 e. The van der Waals surface area contributed by atoms with Crippen molar-refractivity contribution in [3.8, 4) is 0 Å². The van der Waals surface area contributed by atoms with Crippen LogP contribution < -0.4 is 21.9 Å². The lowest BCUT2D eigenvalue weighted by atomic mass is 10.2. The van der Waals surface area contributed by atoms with Crippen molar-refractivity contribution in [2.75, 3.05) is 22.9 Å². The second kappa shape index (κ2) is 10.8. The standard InChI is InChI=1S/C20H28N4O3S/c1-3-5-12-23(16(25)14-28-13-15-9-7-6-8-10-15)17-18(21)24(11-4-2)20(27)22-19(17)26/h6-10H,3-5,11-14,21H2,1-2H3,(H,22,26,27). The first kappa shape index (κ1) is 21.8. The number of thioether (sulfide) groups is 1. The van der Waals surface area contributed by atoms with Crippen LogP contribution in [-0.4, -0.2) is 27.8 Å². The quantitative estimate of drug-likeness (QED) is 0.634. The molecule has 0 aliphatic carbocycles. The van der Waals surface area contributed by atoms with Gasteiger partial charge in [0.25, 0.3) is 5.56 Å².